The number of morpholine rings is 1. The number of nitrogens with zero attached hydrogens (tertiary/aromatic N) is 2. The Hall–Kier alpha value is -2.42. The van der Waals surface area contributed by atoms with Gasteiger partial charge in [0.25, 0.3) is 5.91 Å². The quantitative estimate of drug-likeness (QED) is 0.760. The fraction of sp³-hybridized carbons (Fsp3) is 0.409. The Kier molecular flexibility index (Phi) is 6.80. The van der Waals surface area contributed by atoms with Gasteiger partial charge in [-0.15, -0.1) is 0 Å². The van der Waals surface area contributed by atoms with Crippen LogP contribution in [0.5, 0.6) is 0 Å². The van der Waals surface area contributed by atoms with Gasteiger partial charge in [0.1, 0.15) is 0 Å². The number of carbonyl (C=O) groups excluding carboxylic acids is 1. The van der Waals surface area contributed by atoms with E-state index in [1.807, 2.05) is 32.9 Å². The molecule has 1 amide bonds. The number of aryl methyl sites for hydroxylation is 1. The fourth-order valence-electron chi connectivity index (χ4n) is 3.22. The van der Waals surface area contributed by atoms with E-state index in [2.05, 4.69) is 16.3 Å². The highest BCUT2D eigenvalue weighted by Crippen LogP contribution is 2.24. The van der Waals surface area contributed by atoms with Crippen molar-refractivity contribution in [2.45, 2.75) is 31.7 Å². The Bertz CT molecular complexity index is 998. The third-order valence-electron chi connectivity index (χ3n) is 5.36. The third kappa shape index (κ3) is 4.83. The van der Waals surface area contributed by atoms with Crippen LogP contribution in [0.15, 0.2) is 47.4 Å². The second-order valence-electron chi connectivity index (χ2n) is 7.69. The zero-order valence-corrected chi connectivity index (χ0v) is 18.7. The summed E-state index contributed by atoms with van der Waals surface area (Å²) in [4.78, 5) is 15.1. The molecule has 0 spiro atoms. The van der Waals surface area contributed by atoms with E-state index in [-0.39, 0.29) is 16.8 Å². The van der Waals surface area contributed by atoms with E-state index in [1.165, 1.54) is 28.6 Å². The first kappa shape index (κ1) is 22.3. The van der Waals surface area contributed by atoms with Crippen LogP contribution in [-0.2, 0) is 14.8 Å². The first-order valence-electron chi connectivity index (χ1n) is 10.0. The van der Waals surface area contributed by atoms with Gasteiger partial charge in [-0.25, -0.2) is 8.42 Å². The van der Waals surface area contributed by atoms with Gasteiger partial charge in [-0.3, -0.25) is 4.79 Å². The number of ether oxygens (including phenoxy) is 1. The van der Waals surface area contributed by atoms with Gasteiger partial charge < -0.3 is 15.0 Å². The van der Waals surface area contributed by atoms with Crippen molar-refractivity contribution in [2.75, 3.05) is 43.6 Å². The van der Waals surface area contributed by atoms with Crippen molar-refractivity contribution in [1.82, 2.24) is 4.31 Å². The van der Waals surface area contributed by atoms with Gasteiger partial charge in [0.05, 0.1) is 18.1 Å². The molecule has 0 saturated carbocycles. The normalized spacial score (nSPS) is 14.9. The monoisotopic (exact) mass is 431 g/mol. The second kappa shape index (κ2) is 9.16. The predicted molar refractivity (Wildman–Crippen MR) is 119 cm³/mol. The van der Waals surface area contributed by atoms with Crippen LogP contribution in [0.25, 0.3) is 0 Å². The molecule has 0 unspecified atom stereocenters. The Balaban J connectivity index is 1.72. The molecule has 2 aromatic carbocycles. The molecule has 1 saturated heterocycles. The van der Waals surface area contributed by atoms with Crippen LogP contribution in [0.2, 0.25) is 0 Å². The maximum atomic E-state index is 12.7. The summed E-state index contributed by atoms with van der Waals surface area (Å²) in [5, 5.41) is 2.91. The van der Waals surface area contributed by atoms with E-state index in [0.717, 1.165) is 43.2 Å². The van der Waals surface area contributed by atoms with E-state index in [4.69, 9.17) is 4.74 Å². The molecule has 0 atom stereocenters. The summed E-state index contributed by atoms with van der Waals surface area (Å²) in [6.45, 7) is 8.72. The largest absolute Gasteiger partial charge is 0.378 e. The average Bonchev–Trinajstić information content (AvgIpc) is 2.75. The molecule has 0 aliphatic carbocycles. The van der Waals surface area contributed by atoms with Crippen LogP contribution in [0.4, 0.5) is 11.4 Å². The molecule has 1 heterocycles. The summed E-state index contributed by atoms with van der Waals surface area (Å²) in [5.74, 6) is -0.279. The highest BCUT2D eigenvalue weighted by atomic mass is 32.2. The molecule has 1 N–H and O–H groups in total. The summed E-state index contributed by atoms with van der Waals surface area (Å²) in [6.07, 6.45) is 0. The molecule has 8 heteroatoms. The zero-order chi connectivity index (χ0) is 21.9. The number of carbonyl (C=O) groups is 1. The van der Waals surface area contributed by atoms with Gasteiger partial charge >= 0.3 is 0 Å². The predicted octanol–water partition coefficient (Wildman–Crippen LogP) is 3.11. The topological polar surface area (TPSA) is 79.0 Å². The molecule has 7 nitrogen and oxygen atoms in total. The average molecular weight is 432 g/mol. The number of hydrogen-bond donors (Lipinski definition) is 1. The first-order chi connectivity index (χ1) is 14.2. The van der Waals surface area contributed by atoms with Crippen LogP contribution >= 0.6 is 0 Å². The van der Waals surface area contributed by atoms with Crippen molar-refractivity contribution in [2.24, 2.45) is 0 Å². The lowest BCUT2D eigenvalue weighted by molar-refractivity contribution is 0.102. The Morgan fingerprint density at radius 3 is 2.30 bits per heavy atom. The van der Waals surface area contributed by atoms with E-state index in [9.17, 15) is 13.2 Å². The Morgan fingerprint density at radius 1 is 1.10 bits per heavy atom. The van der Waals surface area contributed by atoms with E-state index in [1.54, 1.807) is 7.05 Å². The summed E-state index contributed by atoms with van der Waals surface area (Å²) >= 11 is 0. The van der Waals surface area contributed by atoms with Crippen LogP contribution in [-0.4, -0.2) is 58.0 Å². The van der Waals surface area contributed by atoms with Gasteiger partial charge in [0.15, 0.2) is 0 Å². The molecule has 3 rings (SSSR count). The standard InChI is InChI=1S/C22H29N3O4S/c1-16(2)24(4)30(27,28)20-8-5-18(6-9-20)22(26)23-21-10-7-19(15-17(21)3)25-11-13-29-14-12-25/h5-10,15-16H,11-14H2,1-4H3,(H,23,26). The van der Waals surface area contributed by atoms with Crippen molar-refractivity contribution in [1.29, 1.82) is 0 Å². The maximum Gasteiger partial charge on any atom is 0.255 e. The highest BCUT2D eigenvalue weighted by molar-refractivity contribution is 7.89. The molecule has 30 heavy (non-hydrogen) atoms. The minimum atomic E-state index is -3.57. The molecule has 2 aromatic rings. The summed E-state index contributed by atoms with van der Waals surface area (Å²) in [7, 11) is -2.03. The lowest BCUT2D eigenvalue weighted by atomic mass is 10.1. The molecule has 0 bridgehead atoms. The third-order valence-corrected chi connectivity index (χ3v) is 7.40. The molecule has 162 valence electrons. The van der Waals surface area contributed by atoms with Crippen molar-refractivity contribution >= 4 is 27.3 Å². The molecule has 0 radical (unpaired) electrons. The Morgan fingerprint density at radius 2 is 1.73 bits per heavy atom. The Labute approximate surface area is 178 Å². The second-order valence-corrected chi connectivity index (χ2v) is 9.69. The number of amides is 1. The van der Waals surface area contributed by atoms with E-state index >= 15 is 0 Å². The lowest BCUT2D eigenvalue weighted by Gasteiger charge is -2.29. The van der Waals surface area contributed by atoms with Crippen molar-refractivity contribution in [3.8, 4) is 0 Å². The van der Waals surface area contributed by atoms with Gasteiger partial charge in [-0.05, 0) is 68.8 Å². The first-order valence-corrected chi connectivity index (χ1v) is 11.5. The number of benzene rings is 2. The van der Waals surface area contributed by atoms with Crippen molar-refractivity contribution < 1.29 is 17.9 Å². The summed E-state index contributed by atoms with van der Waals surface area (Å²) in [5.41, 5.74) is 3.20. The van der Waals surface area contributed by atoms with Crippen LogP contribution < -0.4 is 10.2 Å². The van der Waals surface area contributed by atoms with Gasteiger partial charge in [-0.1, -0.05) is 0 Å². The van der Waals surface area contributed by atoms with Crippen LogP contribution in [0, 0.1) is 6.92 Å². The highest BCUT2D eigenvalue weighted by Gasteiger charge is 2.23. The molecule has 0 aromatic heterocycles. The van der Waals surface area contributed by atoms with Gasteiger partial charge in [-0.2, -0.15) is 4.31 Å². The number of nitrogens with one attached hydrogen (secondary N) is 1. The molecule has 1 aliphatic rings. The van der Waals surface area contributed by atoms with Gasteiger partial charge in [0.2, 0.25) is 10.0 Å². The molecular formula is C22H29N3O4S. The molecule has 1 fully saturated rings. The maximum absolute atomic E-state index is 12.7. The number of sulfonamides is 1. The minimum absolute atomic E-state index is 0.151. The minimum Gasteiger partial charge on any atom is -0.378 e. The number of rotatable bonds is 6. The summed E-state index contributed by atoms with van der Waals surface area (Å²) in [6, 6.07) is 11.8. The lowest BCUT2D eigenvalue weighted by Crippen LogP contribution is -2.36. The smallest absolute Gasteiger partial charge is 0.255 e. The summed E-state index contributed by atoms with van der Waals surface area (Å²) < 4.78 is 31.8. The van der Waals surface area contributed by atoms with Crippen LogP contribution in [0.3, 0.4) is 0 Å². The fourth-order valence-corrected chi connectivity index (χ4v) is 4.59. The van der Waals surface area contributed by atoms with Crippen molar-refractivity contribution in [3.63, 3.8) is 0 Å². The van der Waals surface area contributed by atoms with Gasteiger partial charge in [0, 0.05) is 43.1 Å². The van der Waals surface area contributed by atoms with E-state index < -0.39 is 10.0 Å². The van der Waals surface area contributed by atoms with E-state index in [0.29, 0.717) is 5.56 Å². The molecular weight excluding hydrogens is 402 g/mol. The zero-order valence-electron chi connectivity index (χ0n) is 17.9. The number of hydrogen-bond acceptors (Lipinski definition) is 5. The molecule has 1 aliphatic heterocycles. The van der Waals surface area contributed by atoms with Crippen LogP contribution in [0.1, 0.15) is 29.8 Å². The number of anilines is 2. The SMILES string of the molecule is Cc1cc(N2CCOCC2)ccc1NC(=O)c1ccc(S(=O)(=O)N(C)C(C)C)cc1. The van der Waals surface area contributed by atoms with Crippen molar-refractivity contribution in [3.05, 3.63) is 53.6 Å².